The lowest BCUT2D eigenvalue weighted by atomic mass is 10.0. The van der Waals surface area contributed by atoms with Crippen LogP contribution >= 0.6 is 29.5 Å². The van der Waals surface area contributed by atoms with Gasteiger partial charge in [0.25, 0.3) is 0 Å². The van der Waals surface area contributed by atoms with E-state index in [2.05, 4.69) is 22.5 Å². The summed E-state index contributed by atoms with van der Waals surface area (Å²) in [7, 11) is 0. The third-order valence-electron chi connectivity index (χ3n) is 4.18. The summed E-state index contributed by atoms with van der Waals surface area (Å²) in [6.07, 6.45) is 1.09. The molecular weight excluding hydrogens is 365 g/mol. The van der Waals surface area contributed by atoms with Gasteiger partial charge in [-0.3, -0.25) is 4.79 Å². The first-order chi connectivity index (χ1) is 11.4. The maximum absolute atomic E-state index is 11.8. The van der Waals surface area contributed by atoms with Crippen LogP contribution in [0.2, 0.25) is 0 Å². The molecule has 0 aliphatic carbocycles. The Hall–Kier alpha value is -0.590. The van der Waals surface area contributed by atoms with Gasteiger partial charge in [-0.15, -0.1) is 0 Å². The molecule has 0 bridgehead atoms. The predicted octanol–water partition coefficient (Wildman–Crippen LogP) is 2.61. The quantitative estimate of drug-likeness (QED) is 0.303. The fourth-order valence-electron chi connectivity index (χ4n) is 2.83. The molecule has 4 atom stereocenters. The highest BCUT2D eigenvalue weighted by Gasteiger charge is 2.42. The first kappa shape index (κ1) is 19.7. The third-order valence-corrected chi connectivity index (χ3v) is 9.79. The fraction of sp³-hybridized carbons (Fsp3) is 0.733. The van der Waals surface area contributed by atoms with Crippen molar-refractivity contribution < 1.29 is 14.2 Å². The Morgan fingerprint density at radius 3 is 3.04 bits per heavy atom. The van der Waals surface area contributed by atoms with Gasteiger partial charge < -0.3 is 20.5 Å². The second-order valence-electron chi connectivity index (χ2n) is 6.14. The van der Waals surface area contributed by atoms with E-state index in [0.29, 0.717) is 24.0 Å². The molecule has 1 unspecified atom stereocenters. The summed E-state index contributed by atoms with van der Waals surface area (Å²) in [5.74, 6) is 3.15. The Morgan fingerprint density at radius 2 is 2.29 bits per heavy atom. The monoisotopic (exact) mass is 391 g/mol. The average Bonchev–Trinajstić information content (AvgIpc) is 3.08. The molecule has 3 amide bonds. The second-order valence-corrected chi connectivity index (χ2v) is 13.2. The number of carbonyl (C=O) groups excluding carboxylic acids is 2. The highest BCUT2D eigenvalue weighted by atomic mass is 32.7. The molecule has 2 aliphatic heterocycles. The van der Waals surface area contributed by atoms with Crippen LogP contribution in [-0.4, -0.2) is 54.0 Å². The zero-order chi connectivity index (χ0) is 17.6. The number of fused-ring (bicyclic) bond motifs is 1. The van der Waals surface area contributed by atoms with E-state index in [1.165, 1.54) is 17.2 Å². The summed E-state index contributed by atoms with van der Waals surface area (Å²) in [5.41, 5.74) is 0. The van der Waals surface area contributed by atoms with Gasteiger partial charge >= 0.3 is 6.03 Å². The molecule has 0 aromatic rings. The van der Waals surface area contributed by atoms with Crippen molar-refractivity contribution >= 4 is 41.4 Å². The van der Waals surface area contributed by atoms with E-state index >= 15 is 0 Å². The normalized spacial score (nSPS) is 27.7. The number of nitrogens with one attached hydrogen (secondary N) is 3. The van der Waals surface area contributed by atoms with Gasteiger partial charge in [-0.2, -0.15) is 11.8 Å². The number of amides is 3. The molecular formula is C15H26N3O3PS2. The van der Waals surface area contributed by atoms with E-state index < -0.39 is 6.34 Å². The van der Waals surface area contributed by atoms with E-state index in [1.54, 1.807) is 6.66 Å². The number of hydrogen-bond acceptors (Lipinski definition) is 5. The van der Waals surface area contributed by atoms with Crippen LogP contribution in [0.4, 0.5) is 4.79 Å². The highest BCUT2D eigenvalue weighted by molar-refractivity contribution is 8.58. The van der Waals surface area contributed by atoms with Crippen LogP contribution in [0.25, 0.3) is 0 Å². The minimum Gasteiger partial charge on any atom is -0.355 e. The Bertz CT molecular complexity index is 532. The smallest absolute Gasteiger partial charge is 0.315 e. The van der Waals surface area contributed by atoms with Gasteiger partial charge in [0.1, 0.15) is 0 Å². The second kappa shape index (κ2) is 9.20. The number of urea groups is 1. The molecule has 9 heteroatoms. The summed E-state index contributed by atoms with van der Waals surface area (Å²) in [6.45, 7) is 5.77. The van der Waals surface area contributed by atoms with Gasteiger partial charge in [0.15, 0.2) is 6.34 Å². The van der Waals surface area contributed by atoms with Crippen LogP contribution in [0.5, 0.6) is 0 Å². The van der Waals surface area contributed by atoms with Gasteiger partial charge in [-0.1, -0.05) is 24.4 Å². The number of hydrogen-bond donors (Lipinski definition) is 3. The van der Waals surface area contributed by atoms with E-state index in [0.717, 1.165) is 25.0 Å². The summed E-state index contributed by atoms with van der Waals surface area (Å²) in [6, 6.07) is 0.446. The number of rotatable bonds is 10. The van der Waals surface area contributed by atoms with E-state index in [1.807, 2.05) is 11.8 Å². The molecule has 3 N–H and O–H groups in total. The molecule has 0 radical (unpaired) electrons. The van der Waals surface area contributed by atoms with Crippen LogP contribution in [0.3, 0.4) is 0 Å². The number of unbranched alkanes of at least 4 members (excludes halogenated alkanes) is 1. The lowest BCUT2D eigenvalue weighted by molar-refractivity contribution is -0.121. The van der Waals surface area contributed by atoms with E-state index in [9.17, 15) is 14.2 Å². The van der Waals surface area contributed by atoms with Crippen molar-refractivity contribution in [1.29, 1.82) is 0 Å². The molecule has 0 aromatic carbocycles. The fourth-order valence-corrected chi connectivity index (χ4v) is 6.72. The SMILES string of the molecule is C=CP(C)(=O)SCCNC(=O)CCCC[C@H]1SC[C@H]2NC(=O)N[C@H]21. The van der Waals surface area contributed by atoms with E-state index in [-0.39, 0.29) is 24.0 Å². The van der Waals surface area contributed by atoms with Crippen LogP contribution in [0.15, 0.2) is 12.4 Å². The summed E-state index contributed by atoms with van der Waals surface area (Å²) in [4.78, 5) is 23.1. The standard InChI is InChI=1S/C15H26N3O3PS2/c1-3-22(2,21)24-9-8-16-13(19)7-5-4-6-12-14-11(10-23-12)17-15(20)18-14/h3,11-12,14H,1,4-10H2,2H3,(H,16,19)(H2,17,18,20)/t11-,12-,14-,22?/m1/s1. The minimum atomic E-state index is -2.29. The van der Waals surface area contributed by atoms with Crippen molar-refractivity contribution in [3.63, 3.8) is 0 Å². The molecule has 136 valence electrons. The Labute approximate surface area is 151 Å². The topological polar surface area (TPSA) is 87.3 Å². The van der Waals surface area contributed by atoms with Crippen LogP contribution < -0.4 is 16.0 Å². The van der Waals surface area contributed by atoms with Crippen LogP contribution in [0.1, 0.15) is 25.7 Å². The van der Waals surface area contributed by atoms with Gasteiger partial charge in [0.05, 0.1) is 12.1 Å². The van der Waals surface area contributed by atoms with Gasteiger partial charge in [-0.25, -0.2) is 4.79 Å². The molecule has 2 fully saturated rings. The molecule has 0 spiro atoms. The van der Waals surface area contributed by atoms with Crippen molar-refractivity contribution in [2.24, 2.45) is 0 Å². The molecule has 0 saturated carbocycles. The van der Waals surface area contributed by atoms with Crippen molar-refractivity contribution in [3.05, 3.63) is 12.4 Å². The average molecular weight is 391 g/mol. The maximum atomic E-state index is 11.8. The zero-order valence-corrected chi connectivity index (χ0v) is 16.5. The molecule has 0 aromatic heterocycles. The summed E-state index contributed by atoms with van der Waals surface area (Å²) >= 11 is 3.26. The van der Waals surface area contributed by atoms with Crippen LogP contribution in [0, 0.1) is 0 Å². The van der Waals surface area contributed by atoms with Gasteiger partial charge in [0, 0.05) is 36.4 Å². The summed E-state index contributed by atoms with van der Waals surface area (Å²) in [5, 5.41) is 9.23. The Kier molecular flexibility index (Phi) is 7.57. The maximum Gasteiger partial charge on any atom is 0.315 e. The van der Waals surface area contributed by atoms with Gasteiger partial charge in [-0.05, 0) is 18.7 Å². The van der Waals surface area contributed by atoms with Crippen molar-refractivity contribution in [1.82, 2.24) is 16.0 Å². The largest absolute Gasteiger partial charge is 0.355 e. The number of thioether (sulfide) groups is 1. The molecule has 2 heterocycles. The van der Waals surface area contributed by atoms with E-state index in [4.69, 9.17) is 0 Å². The number of carbonyl (C=O) groups is 2. The molecule has 24 heavy (non-hydrogen) atoms. The minimum absolute atomic E-state index is 0.0490. The molecule has 2 rings (SSSR count). The summed E-state index contributed by atoms with van der Waals surface area (Å²) < 4.78 is 11.8. The highest BCUT2D eigenvalue weighted by Crippen LogP contribution is 2.55. The zero-order valence-electron chi connectivity index (χ0n) is 14.0. The van der Waals surface area contributed by atoms with Gasteiger partial charge in [0.2, 0.25) is 5.91 Å². The molecule has 6 nitrogen and oxygen atoms in total. The molecule has 2 saturated heterocycles. The lowest BCUT2D eigenvalue weighted by Gasteiger charge is -2.16. The third kappa shape index (κ3) is 6.05. The Morgan fingerprint density at radius 1 is 1.50 bits per heavy atom. The first-order valence-electron chi connectivity index (χ1n) is 8.22. The lowest BCUT2D eigenvalue weighted by Crippen LogP contribution is -2.36. The van der Waals surface area contributed by atoms with Crippen molar-refractivity contribution in [2.45, 2.75) is 43.0 Å². The van der Waals surface area contributed by atoms with Crippen LogP contribution in [-0.2, 0) is 9.36 Å². The van der Waals surface area contributed by atoms with Crippen molar-refractivity contribution in [2.75, 3.05) is 24.7 Å². The predicted molar refractivity (Wildman–Crippen MR) is 103 cm³/mol. The Balaban J connectivity index is 1.51. The van der Waals surface area contributed by atoms with Crippen molar-refractivity contribution in [3.8, 4) is 0 Å². The molecule has 2 aliphatic rings. The first-order valence-corrected chi connectivity index (χ1v) is 13.1.